The maximum Gasteiger partial charge on any atom is 0.407 e. The normalized spacial score (nSPS) is 25.3. The molecule has 2 aliphatic carbocycles. The molecule has 2 unspecified atom stereocenters. The van der Waals surface area contributed by atoms with E-state index in [4.69, 9.17) is 20.0 Å². The Balaban J connectivity index is 1.46. The standard InChI is InChI=1S/C22H36N4O3/c1-15-12-16-8-7-10-22(13-15,14-16)19-25-18(29-26-19)17(23)9-5-6-11-24-20(27)28-21(2,3)4/h12,15,17H,5-11,13-14,23H2,1-4H3,(H,24,27)/t15?,17-,22?/m0/s1. The zero-order valence-corrected chi connectivity index (χ0v) is 18.3. The number of carbonyl (C=O) groups excluding carboxylic acids is 1. The van der Waals surface area contributed by atoms with E-state index in [9.17, 15) is 4.79 Å². The Labute approximate surface area is 173 Å². The number of alkyl carbamates (subject to hydrolysis) is 1. The summed E-state index contributed by atoms with van der Waals surface area (Å²) in [6.07, 6.45) is 10.1. The Morgan fingerprint density at radius 1 is 1.45 bits per heavy atom. The molecule has 1 fully saturated rings. The van der Waals surface area contributed by atoms with Gasteiger partial charge >= 0.3 is 6.09 Å². The van der Waals surface area contributed by atoms with Crippen molar-refractivity contribution in [3.63, 3.8) is 0 Å². The highest BCUT2D eigenvalue weighted by Crippen LogP contribution is 2.48. The van der Waals surface area contributed by atoms with E-state index in [2.05, 4.69) is 23.5 Å². The van der Waals surface area contributed by atoms with Crippen molar-refractivity contribution in [1.82, 2.24) is 15.5 Å². The second-order valence-corrected chi connectivity index (χ2v) is 9.80. The molecule has 1 amide bonds. The van der Waals surface area contributed by atoms with Crippen molar-refractivity contribution in [2.45, 2.75) is 96.1 Å². The predicted octanol–water partition coefficient (Wildman–Crippen LogP) is 4.54. The van der Waals surface area contributed by atoms with Gasteiger partial charge in [-0.05, 0) is 78.1 Å². The second kappa shape index (κ2) is 8.86. The van der Waals surface area contributed by atoms with Crippen molar-refractivity contribution in [1.29, 1.82) is 0 Å². The van der Waals surface area contributed by atoms with Gasteiger partial charge in [0.2, 0.25) is 5.89 Å². The minimum atomic E-state index is -0.480. The van der Waals surface area contributed by atoms with Crippen LogP contribution in [0.15, 0.2) is 16.2 Å². The van der Waals surface area contributed by atoms with E-state index in [0.717, 1.165) is 44.3 Å². The van der Waals surface area contributed by atoms with Gasteiger partial charge in [-0.1, -0.05) is 23.7 Å². The quantitative estimate of drug-likeness (QED) is 0.511. The summed E-state index contributed by atoms with van der Waals surface area (Å²) in [5.74, 6) is 1.93. The molecule has 1 saturated carbocycles. The smallest absolute Gasteiger partial charge is 0.407 e. The van der Waals surface area contributed by atoms with E-state index < -0.39 is 5.60 Å². The third-order valence-corrected chi connectivity index (χ3v) is 5.80. The first-order valence-electron chi connectivity index (χ1n) is 10.9. The lowest BCUT2D eigenvalue weighted by Crippen LogP contribution is -2.36. The lowest BCUT2D eigenvalue weighted by Gasteiger charge is -2.41. The van der Waals surface area contributed by atoms with Gasteiger partial charge in [0, 0.05) is 12.0 Å². The Kier molecular flexibility index (Phi) is 6.66. The summed E-state index contributed by atoms with van der Waals surface area (Å²) >= 11 is 0. The summed E-state index contributed by atoms with van der Waals surface area (Å²) in [7, 11) is 0. The number of aromatic nitrogens is 2. The number of hydrogen-bond donors (Lipinski definition) is 2. The number of amides is 1. The van der Waals surface area contributed by atoms with Crippen molar-refractivity contribution < 1.29 is 14.1 Å². The van der Waals surface area contributed by atoms with Crippen LogP contribution in [-0.4, -0.2) is 28.4 Å². The molecule has 1 heterocycles. The number of fused-ring (bicyclic) bond motifs is 2. The molecule has 3 atom stereocenters. The number of allylic oxidation sites excluding steroid dienone is 2. The predicted molar refractivity (Wildman–Crippen MR) is 111 cm³/mol. The molecule has 162 valence electrons. The molecule has 0 aromatic carbocycles. The van der Waals surface area contributed by atoms with E-state index in [1.165, 1.54) is 12.8 Å². The summed E-state index contributed by atoms with van der Waals surface area (Å²) in [5.41, 5.74) is 7.39. The van der Waals surface area contributed by atoms with Crippen LogP contribution < -0.4 is 11.1 Å². The zero-order valence-electron chi connectivity index (χ0n) is 18.3. The summed E-state index contributed by atoms with van der Waals surface area (Å²) in [6, 6.07) is -0.270. The van der Waals surface area contributed by atoms with Crippen molar-refractivity contribution >= 4 is 6.09 Å². The Hall–Kier alpha value is -1.89. The molecular weight excluding hydrogens is 368 g/mol. The first-order chi connectivity index (χ1) is 13.7. The molecule has 1 aromatic rings. The second-order valence-electron chi connectivity index (χ2n) is 9.80. The van der Waals surface area contributed by atoms with Gasteiger partial charge in [-0.15, -0.1) is 0 Å². The van der Waals surface area contributed by atoms with Crippen molar-refractivity contribution in [3.8, 4) is 0 Å². The molecule has 0 saturated heterocycles. The molecule has 2 aliphatic rings. The Morgan fingerprint density at radius 2 is 2.24 bits per heavy atom. The van der Waals surface area contributed by atoms with E-state index in [1.807, 2.05) is 20.8 Å². The van der Waals surface area contributed by atoms with Crippen LogP contribution >= 0.6 is 0 Å². The number of nitrogens with zero attached hydrogens (tertiary/aromatic N) is 2. The van der Waals surface area contributed by atoms with Gasteiger partial charge in [0.25, 0.3) is 0 Å². The maximum absolute atomic E-state index is 11.6. The van der Waals surface area contributed by atoms with Crippen LogP contribution in [-0.2, 0) is 10.2 Å². The molecule has 2 bridgehead atoms. The fraction of sp³-hybridized carbons (Fsp3) is 0.773. The van der Waals surface area contributed by atoms with Gasteiger partial charge in [-0.25, -0.2) is 4.79 Å². The van der Waals surface area contributed by atoms with Crippen LogP contribution in [0.5, 0.6) is 0 Å². The number of rotatable bonds is 7. The molecule has 0 spiro atoms. The third-order valence-electron chi connectivity index (χ3n) is 5.80. The monoisotopic (exact) mass is 404 g/mol. The van der Waals surface area contributed by atoms with E-state index in [-0.39, 0.29) is 17.6 Å². The maximum atomic E-state index is 11.6. The lowest BCUT2D eigenvalue weighted by atomic mass is 9.63. The van der Waals surface area contributed by atoms with Crippen molar-refractivity contribution in [2.75, 3.05) is 6.54 Å². The summed E-state index contributed by atoms with van der Waals surface area (Å²) in [5, 5.41) is 7.11. The number of nitrogens with one attached hydrogen (secondary N) is 1. The third kappa shape index (κ3) is 5.81. The molecule has 7 heteroatoms. The number of unbranched alkanes of at least 4 members (excludes halogenated alkanes) is 1. The van der Waals surface area contributed by atoms with Gasteiger partial charge in [0.05, 0.1) is 6.04 Å². The van der Waals surface area contributed by atoms with E-state index in [1.54, 1.807) is 5.57 Å². The molecule has 1 aromatic heterocycles. The van der Waals surface area contributed by atoms with Crippen LogP contribution in [0.25, 0.3) is 0 Å². The number of ether oxygens (including phenoxy) is 1. The highest BCUT2D eigenvalue weighted by molar-refractivity contribution is 5.67. The summed E-state index contributed by atoms with van der Waals surface area (Å²) in [6.45, 7) is 8.39. The first-order valence-corrected chi connectivity index (χ1v) is 10.9. The summed E-state index contributed by atoms with van der Waals surface area (Å²) < 4.78 is 10.8. The van der Waals surface area contributed by atoms with Crippen molar-refractivity contribution in [3.05, 3.63) is 23.4 Å². The molecule has 3 N–H and O–H groups in total. The minimum absolute atomic E-state index is 0.0283. The highest BCUT2D eigenvalue weighted by atomic mass is 16.6. The largest absolute Gasteiger partial charge is 0.444 e. The van der Waals surface area contributed by atoms with Gasteiger partial charge in [0.15, 0.2) is 5.82 Å². The fourth-order valence-corrected chi connectivity index (χ4v) is 4.66. The fourth-order valence-electron chi connectivity index (χ4n) is 4.66. The molecule has 7 nitrogen and oxygen atoms in total. The molecule has 29 heavy (non-hydrogen) atoms. The Morgan fingerprint density at radius 3 is 3.00 bits per heavy atom. The van der Waals surface area contributed by atoms with Gasteiger partial charge in [-0.2, -0.15) is 4.98 Å². The lowest BCUT2D eigenvalue weighted by molar-refractivity contribution is 0.0527. The van der Waals surface area contributed by atoms with Gasteiger partial charge < -0.3 is 20.3 Å². The van der Waals surface area contributed by atoms with E-state index in [0.29, 0.717) is 18.4 Å². The number of hydrogen-bond acceptors (Lipinski definition) is 6. The van der Waals surface area contributed by atoms with Crippen LogP contribution in [0.4, 0.5) is 4.79 Å². The van der Waals surface area contributed by atoms with E-state index >= 15 is 0 Å². The van der Waals surface area contributed by atoms with Crippen LogP contribution in [0.1, 0.15) is 96.8 Å². The SMILES string of the molecule is CC1C=C2CCCC(c3noc([C@@H](N)CCCCNC(=O)OC(C)(C)C)n3)(C2)C1. The average Bonchev–Trinajstić information content (AvgIpc) is 3.10. The topological polar surface area (TPSA) is 103 Å². The number of carbonyl (C=O) groups is 1. The zero-order chi connectivity index (χ0) is 21.1. The van der Waals surface area contributed by atoms with Crippen molar-refractivity contribution in [2.24, 2.45) is 11.7 Å². The summed E-state index contributed by atoms with van der Waals surface area (Å²) in [4.78, 5) is 16.4. The first kappa shape index (κ1) is 21.8. The van der Waals surface area contributed by atoms with Gasteiger partial charge in [-0.3, -0.25) is 0 Å². The Bertz CT molecular complexity index is 737. The average molecular weight is 405 g/mol. The van der Waals surface area contributed by atoms with Crippen LogP contribution in [0, 0.1) is 5.92 Å². The van der Waals surface area contributed by atoms with Crippen LogP contribution in [0.2, 0.25) is 0 Å². The van der Waals surface area contributed by atoms with Gasteiger partial charge in [0.1, 0.15) is 5.60 Å². The van der Waals surface area contributed by atoms with Crippen LogP contribution in [0.3, 0.4) is 0 Å². The molecule has 0 aliphatic heterocycles. The minimum Gasteiger partial charge on any atom is -0.444 e. The molecule has 0 radical (unpaired) electrons. The highest BCUT2D eigenvalue weighted by Gasteiger charge is 2.43. The number of nitrogens with two attached hydrogens (primary N) is 1. The molecular formula is C22H36N4O3. The molecule has 3 rings (SSSR count).